The molecule has 7 nitrogen and oxygen atoms in total. The van der Waals surface area contributed by atoms with Gasteiger partial charge in [0.05, 0.1) is 41.4 Å². The van der Waals surface area contributed by atoms with Gasteiger partial charge in [0.1, 0.15) is 0 Å². The van der Waals surface area contributed by atoms with E-state index in [4.69, 9.17) is 26.2 Å². The smallest absolute Gasteiger partial charge is 0.337 e. The first-order valence-corrected chi connectivity index (χ1v) is 7.98. The van der Waals surface area contributed by atoms with Gasteiger partial charge >= 0.3 is 5.97 Å². The van der Waals surface area contributed by atoms with Gasteiger partial charge < -0.3 is 14.6 Å². The predicted octanol–water partition coefficient (Wildman–Crippen LogP) is 0.732. The Kier molecular flexibility index (Phi) is 5.17. The highest BCUT2D eigenvalue weighted by Crippen LogP contribution is 2.20. The van der Waals surface area contributed by atoms with Crippen LogP contribution in [0.15, 0.2) is 23.1 Å². The first-order chi connectivity index (χ1) is 9.90. The molecule has 1 aliphatic heterocycles. The van der Waals surface area contributed by atoms with Gasteiger partial charge in [0, 0.05) is 6.54 Å². The Labute approximate surface area is 126 Å². The van der Waals surface area contributed by atoms with E-state index in [1.54, 1.807) is 0 Å². The molecule has 116 valence electrons. The predicted molar refractivity (Wildman–Crippen MR) is 74.2 cm³/mol. The van der Waals surface area contributed by atoms with Crippen molar-refractivity contribution in [2.45, 2.75) is 11.0 Å². The number of nitrogens with one attached hydrogen (secondary N) is 1. The molecule has 0 radical (unpaired) electrons. The summed E-state index contributed by atoms with van der Waals surface area (Å²) < 4.78 is 37.1. The van der Waals surface area contributed by atoms with Crippen LogP contribution >= 0.6 is 11.6 Å². The van der Waals surface area contributed by atoms with Crippen LogP contribution in [0, 0.1) is 0 Å². The van der Waals surface area contributed by atoms with Gasteiger partial charge in [-0.1, -0.05) is 11.6 Å². The average Bonchev–Trinajstić information content (AvgIpc) is 2.46. The summed E-state index contributed by atoms with van der Waals surface area (Å²) in [6, 6.07) is 3.50. The van der Waals surface area contributed by atoms with Gasteiger partial charge in [0.2, 0.25) is 10.0 Å². The lowest BCUT2D eigenvalue weighted by Crippen LogP contribution is -2.39. The lowest BCUT2D eigenvalue weighted by Gasteiger charge is -2.23. The van der Waals surface area contributed by atoms with Crippen molar-refractivity contribution in [2.75, 3.05) is 26.4 Å². The van der Waals surface area contributed by atoms with E-state index in [0.717, 1.165) is 6.07 Å². The van der Waals surface area contributed by atoms with Crippen LogP contribution in [0.2, 0.25) is 5.02 Å². The number of hydrogen-bond donors (Lipinski definition) is 2. The number of carboxylic acids is 1. The molecular formula is C12H14ClNO6S. The second-order valence-corrected chi connectivity index (χ2v) is 6.54. The highest BCUT2D eigenvalue weighted by Gasteiger charge is 2.21. The first kappa shape index (κ1) is 16.2. The molecule has 1 atom stereocenters. The molecule has 1 unspecified atom stereocenters. The Morgan fingerprint density at radius 1 is 1.43 bits per heavy atom. The third-order valence-electron chi connectivity index (χ3n) is 2.86. The largest absolute Gasteiger partial charge is 0.478 e. The third-order valence-corrected chi connectivity index (χ3v) is 4.62. The number of carboxylic acid groups (broad SMARTS) is 1. The number of sulfonamides is 1. The summed E-state index contributed by atoms with van der Waals surface area (Å²) >= 11 is 5.71. The van der Waals surface area contributed by atoms with E-state index in [1.807, 2.05) is 0 Å². The summed E-state index contributed by atoms with van der Waals surface area (Å²) in [7, 11) is -3.84. The van der Waals surface area contributed by atoms with E-state index in [-0.39, 0.29) is 28.1 Å². The van der Waals surface area contributed by atoms with Crippen molar-refractivity contribution in [3.8, 4) is 0 Å². The van der Waals surface area contributed by atoms with Gasteiger partial charge in [-0.3, -0.25) is 0 Å². The molecule has 0 spiro atoms. The van der Waals surface area contributed by atoms with Gasteiger partial charge in [-0.05, 0) is 18.2 Å². The van der Waals surface area contributed by atoms with Gasteiger partial charge in [0.15, 0.2) is 0 Å². The Balaban J connectivity index is 2.11. The molecule has 1 heterocycles. The van der Waals surface area contributed by atoms with Gasteiger partial charge in [-0.2, -0.15) is 0 Å². The van der Waals surface area contributed by atoms with E-state index in [0.29, 0.717) is 19.8 Å². The summed E-state index contributed by atoms with van der Waals surface area (Å²) in [5.41, 5.74) is -0.267. The topological polar surface area (TPSA) is 102 Å². The van der Waals surface area contributed by atoms with Gasteiger partial charge in [0.25, 0.3) is 0 Å². The highest BCUT2D eigenvalue weighted by molar-refractivity contribution is 7.89. The van der Waals surface area contributed by atoms with Crippen molar-refractivity contribution in [2.24, 2.45) is 0 Å². The van der Waals surface area contributed by atoms with Crippen LogP contribution in [0.25, 0.3) is 0 Å². The maximum Gasteiger partial charge on any atom is 0.337 e. The molecule has 0 amide bonds. The van der Waals surface area contributed by atoms with Crippen LogP contribution in [-0.4, -0.2) is 52.0 Å². The van der Waals surface area contributed by atoms with Crippen molar-refractivity contribution >= 4 is 27.6 Å². The summed E-state index contributed by atoms with van der Waals surface area (Å²) in [6.07, 6.45) is -0.361. The number of halogens is 1. The molecule has 1 aromatic rings. The van der Waals surface area contributed by atoms with Crippen LogP contribution in [0.4, 0.5) is 0 Å². The highest BCUT2D eigenvalue weighted by atomic mass is 35.5. The van der Waals surface area contributed by atoms with Gasteiger partial charge in [-0.15, -0.1) is 0 Å². The molecular weight excluding hydrogens is 322 g/mol. The first-order valence-electron chi connectivity index (χ1n) is 6.12. The molecule has 0 aromatic heterocycles. The summed E-state index contributed by atoms with van der Waals surface area (Å²) in [5.74, 6) is -1.29. The quantitative estimate of drug-likeness (QED) is 0.822. The molecule has 0 aliphatic carbocycles. The molecule has 0 saturated carbocycles. The monoisotopic (exact) mass is 335 g/mol. The fourth-order valence-electron chi connectivity index (χ4n) is 1.78. The number of ether oxygens (including phenoxy) is 2. The number of benzene rings is 1. The average molecular weight is 336 g/mol. The SMILES string of the molecule is O=C(O)c1cc(S(=O)(=O)NCC2COCCO2)ccc1Cl. The van der Waals surface area contributed by atoms with Crippen LogP contribution in [0.1, 0.15) is 10.4 Å². The maximum atomic E-state index is 12.1. The lowest BCUT2D eigenvalue weighted by molar-refractivity contribution is -0.0846. The lowest BCUT2D eigenvalue weighted by atomic mass is 10.2. The van der Waals surface area contributed by atoms with E-state index in [2.05, 4.69) is 4.72 Å². The molecule has 1 saturated heterocycles. The van der Waals surface area contributed by atoms with Crippen molar-refractivity contribution < 1.29 is 27.8 Å². The van der Waals surface area contributed by atoms with Crippen LogP contribution < -0.4 is 4.72 Å². The Bertz CT molecular complexity index is 627. The summed E-state index contributed by atoms with van der Waals surface area (Å²) in [4.78, 5) is 10.8. The second kappa shape index (κ2) is 6.71. The summed E-state index contributed by atoms with van der Waals surface area (Å²) in [5, 5.41) is 8.93. The number of aromatic carboxylic acids is 1. The minimum absolute atomic E-state index is 0.0227. The van der Waals surface area contributed by atoms with Crippen LogP contribution in [0.3, 0.4) is 0 Å². The van der Waals surface area contributed by atoms with Crippen molar-refractivity contribution in [1.82, 2.24) is 4.72 Å². The third kappa shape index (κ3) is 4.14. The molecule has 0 bridgehead atoms. The fourth-order valence-corrected chi connectivity index (χ4v) is 3.07. The second-order valence-electron chi connectivity index (χ2n) is 4.37. The zero-order valence-electron chi connectivity index (χ0n) is 10.9. The Morgan fingerprint density at radius 3 is 2.81 bits per heavy atom. The zero-order chi connectivity index (χ0) is 15.5. The molecule has 1 aliphatic rings. The Hall–Kier alpha value is -1.19. The van der Waals surface area contributed by atoms with E-state index < -0.39 is 16.0 Å². The van der Waals surface area contributed by atoms with E-state index in [1.165, 1.54) is 12.1 Å². The fraction of sp³-hybridized carbons (Fsp3) is 0.417. The van der Waals surface area contributed by atoms with E-state index >= 15 is 0 Å². The molecule has 1 fully saturated rings. The minimum atomic E-state index is -3.84. The maximum absolute atomic E-state index is 12.1. The standard InChI is InChI=1S/C12H14ClNO6S/c13-11-2-1-9(5-10(11)12(15)16)21(17,18)14-6-8-7-19-3-4-20-8/h1-2,5,8,14H,3-4,6-7H2,(H,15,16). The van der Waals surface area contributed by atoms with Crippen LogP contribution in [0.5, 0.6) is 0 Å². The van der Waals surface area contributed by atoms with Crippen molar-refractivity contribution in [1.29, 1.82) is 0 Å². The molecule has 21 heavy (non-hydrogen) atoms. The number of carbonyl (C=O) groups is 1. The number of rotatable bonds is 5. The van der Waals surface area contributed by atoms with E-state index in [9.17, 15) is 13.2 Å². The Morgan fingerprint density at radius 2 is 2.19 bits per heavy atom. The number of hydrogen-bond acceptors (Lipinski definition) is 5. The minimum Gasteiger partial charge on any atom is -0.478 e. The van der Waals surface area contributed by atoms with Gasteiger partial charge in [-0.25, -0.2) is 17.9 Å². The zero-order valence-corrected chi connectivity index (χ0v) is 12.5. The van der Waals surface area contributed by atoms with Crippen molar-refractivity contribution in [3.05, 3.63) is 28.8 Å². The van der Waals surface area contributed by atoms with Crippen LogP contribution in [-0.2, 0) is 19.5 Å². The molecule has 1 aromatic carbocycles. The summed E-state index contributed by atoms with van der Waals surface area (Å²) in [6.45, 7) is 1.26. The van der Waals surface area contributed by atoms with Crippen molar-refractivity contribution in [3.63, 3.8) is 0 Å². The molecule has 2 rings (SSSR count). The normalized spacial score (nSPS) is 19.4. The molecule has 2 N–H and O–H groups in total. The molecule has 9 heteroatoms.